The monoisotopic (exact) mass is 428 g/mol. The van der Waals surface area contributed by atoms with Crippen molar-refractivity contribution in [2.45, 2.75) is 38.6 Å². The lowest BCUT2D eigenvalue weighted by atomic mass is 9.92. The molecule has 9 heteroatoms. The molecule has 1 aliphatic rings. The lowest BCUT2D eigenvalue weighted by Crippen LogP contribution is -2.44. The van der Waals surface area contributed by atoms with Crippen LogP contribution in [0.2, 0.25) is 0 Å². The lowest BCUT2D eigenvalue weighted by molar-refractivity contribution is -0.132. The van der Waals surface area contributed by atoms with Crippen molar-refractivity contribution in [1.29, 1.82) is 0 Å². The van der Waals surface area contributed by atoms with E-state index in [0.29, 0.717) is 12.4 Å². The second kappa shape index (κ2) is 8.33. The van der Waals surface area contributed by atoms with E-state index in [2.05, 4.69) is 32.6 Å². The summed E-state index contributed by atoms with van der Waals surface area (Å²) in [4.78, 5) is 28.0. The van der Waals surface area contributed by atoms with Gasteiger partial charge in [-0.25, -0.2) is 9.97 Å². The summed E-state index contributed by atoms with van der Waals surface area (Å²) in [6.07, 6.45) is 5.40. The number of amides is 1. The summed E-state index contributed by atoms with van der Waals surface area (Å²) in [5, 5.41) is 14.2. The molecule has 4 aromatic rings. The van der Waals surface area contributed by atoms with E-state index in [-0.39, 0.29) is 17.9 Å². The van der Waals surface area contributed by atoms with Gasteiger partial charge in [0.05, 0.1) is 11.2 Å². The fraction of sp³-hybridized carbons (Fsp3) is 0.304. The molecule has 1 fully saturated rings. The van der Waals surface area contributed by atoms with Crippen LogP contribution in [0.3, 0.4) is 0 Å². The van der Waals surface area contributed by atoms with Gasteiger partial charge in [0.15, 0.2) is 0 Å². The number of anilines is 2. The molecule has 162 valence electrons. The van der Waals surface area contributed by atoms with Crippen molar-refractivity contribution >= 4 is 28.4 Å². The Morgan fingerprint density at radius 2 is 2.09 bits per heavy atom. The number of benzene rings is 1. The SMILES string of the molecule is CC(=O)N1C[C@H](c2nc(Nc3ccc4[nH]nnc4c3)cc(-c3cccnc3)n2)CC[C@@H]1C. The molecule has 5 rings (SSSR count). The first-order chi connectivity index (χ1) is 15.6. The Hall–Kier alpha value is -3.88. The standard InChI is InChI=1S/C23H24N8O/c1-14-5-6-17(13-31(14)15(2)32)23-26-20(16-4-3-9-24-12-16)11-22(27-23)25-18-7-8-19-21(10-18)29-30-28-19/h3-4,7-12,14,17H,5-6,13H2,1-2H3,(H,25,26,27)(H,28,29,30)/t14-,17+/m0/s1. The Balaban J connectivity index is 1.52. The van der Waals surface area contributed by atoms with Gasteiger partial charge in [-0.15, -0.1) is 5.10 Å². The number of fused-ring (bicyclic) bond motifs is 1. The smallest absolute Gasteiger partial charge is 0.219 e. The maximum absolute atomic E-state index is 12.1. The maximum atomic E-state index is 12.1. The van der Waals surface area contributed by atoms with E-state index in [1.807, 2.05) is 41.3 Å². The maximum Gasteiger partial charge on any atom is 0.219 e. The Morgan fingerprint density at radius 3 is 2.91 bits per heavy atom. The fourth-order valence-corrected chi connectivity index (χ4v) is 4.20. The highest BCUT2D eigenvalue weighted by atomic mass is 16.2. The molecule has 32 heavy (non-hydrogen) atoms. The minimum atomic E-state index is 0.0743. The minimum Gasteiger partial charge on any atom is -0.340 e. The Morgan fingerprint density at radius 1 is 1.19 bits per heavy atom. The number of nitrogens with one attached hydrogen (secondary N) is 2. The molecule has 0 radical (unpaired) electrons. The molecule has 2 N–H and O–H groups in total. The van der Waals surface area contributed by atoms with Crippen molar-refractivity contribution in [3.05, 3.63) is 54.6 Å². The molecular formula is C23H24N8O. The van der Waals surface area contributed by atoms with Crippen LogP contribution in [0.4, 0.5) is 11.5 Å². The summed E-state index contributed by atoms with van der Waals surface area (Å²) in [7, 11) is 0. The van der Waals surface area contributed by atoms with E-state index in [4.69, 9.17) is 9.97 Å². The van der Waals surface area contributed by atoms with Crippen LogP contribution in [-0.2, 0) is 4.79 Å². The molecular weight excluding hydrogens is 404 g/mol. The Kier molecular flexibility index (Phi) is 5.22. The molecule has 1 saturated heterocycles. The topological polar surface area (TPSA) is 113 Å². The number of hydrogen-bond donors (Lipinski definition) is 2. The van der Waals surface area contributed by atoms with E-state index >= 15 is 0 Å². The van der Waals surface area contributed by atoms with Gasteiger partial charge in [-0.2, -0.15) is 0 Å². The number of hydrogen-bond acceptors (Lipinski definition) is 7. The Labute approximate surface area is 185 Å². The zero-order valence-corrected chi connectivity index (χ0v) is 18.0. The van der Waals surface area contributed by atoms with Gasteiger partial charge in [-0.05, 0) is 50.1 Å². The Bertz CT molecular complexity index is 1260. The van der Waals surface area contributed by atoms with Gasteiger partial charge in [-0.3, -0.25) is 14.9 Å². The molecule has 9 nitrogen and oxygen atoms in total. The number of aromatic nitrogens is 6. The molecule has 4 heterocycles. The second-order valence-corrected chi connectivity index (χ2v) is 8.20. The fourth-order valence-electron chi connectivity index (χ4n) is 4.20. The number of piperidine rings is 1. The van der Waals surface area contributed by atoms with E-state index < -0.39 is 0 Å². The number of nitrogens with zero attached hydrogens (tertiary/aromatic N) is 6. The van der Waals surface area contributed by atoms with Gasteiger partial charge in [0, 0.05) is 55.1 Å². The van der Waals surface area contributed by atoms with Crippen LogP contribution in [0.15, 0.2) is 48.8 Å². The van der Waals surface area contributed by atoms with Gasteiger partial charge in [0.1, 0.15) is 17.2 Å². The van der Waals surface area contributed by atoms with Crippen molar-refractivity contribution < 1.29 is 4.79 Å². The average molecular weight is 429 g/mol. The first-order valence-electron chi connectivity index (χ1n) is 10.7. The number of H-pyrrole nitrogens is 1. The van der Waals surface area contributed by atoms with Gasteiger partial charge in [0.2, 0.25) is 5.91 Å². The zero-order valence-electron chi connectivity index (χ0n) is 18.0. The first-order valence-corrected chi connectivity index (χ1v) is 10.7. The quantitative estimate of drug-likeness (QED) is 0.510. The molecule has 1 aliphatic heterocycles. The van der Waals surface area contributed by atoms with Crippen molar-refractivity contribution in [3.63, 3.8) is 0 Å². The predicted octanol–water partition coefficient (Wildman–Crippen LogP) is 3.67. The van der Waals surface area contributed by atoms with E-state index in [9.17, 15) is 4.79 Å². The second-order valence-electron chi connectivity index (χ2n) is 8.20. The number of pyridine rings is 1. The van der Waals surface area contributed by atoms with Crippen LogP contribution in [0.1, 0.15) is 38.4 Å². The van der Waals surface area contributed by atoms with Crippen molar-refractivity contribution in [2.24, 2.45) is 0 Å². The van der Waals surface area contributed by atoms with E-state index in [0.717, 1.165) is 46.6 Å². The number of likely N-dealkylation sites (tertiary alicyclic amines) is 1. The number of aromatic amines is 1. The minimum absolute atomic E-state index is 0.0743. The summed E-state index contributed by atoms with van der Waals surface area (Å²) >= 11 is 0. The van der Waals surface area contributed by atoms with Crippen LogP contribution in [-0.4, -0.2) is 53.8 Å². The van der Waals surface area contributed by atoms with Gasteiger partial charge in [-0.1, -0.05) is 5.21 Å². The van der Waals surface area contributed by atoms with E-state index in [1.165, 1.54) is 0 Å². The summed E-state index contributed by atoms with van der Waals surface area (Å²) in [5.74, 6) is 1.58. The van der Waals surface area contributed by atoms with Crippen LogP contribution in [0.25, 0.3) is 22.3 Å². The van der Waals surface area contributed by atoms with Crippen molar-refractivity contribution in [1.82, 2.24) is 35.3 Å². The molecule has 0 spiro atoms. The highest BCUT2D eigenvalue weighted by Crippen LogP contribution is 2.31. The van der Waals surface area contributed by atoms with Gasteiger partial charge < -0.3 is 10.2 Å². The van der Waals surface area contributed by atoms with Crippen molar-refractivity contribution in [2.75, 3.05) is 11.9 Å². The van der Waals surface area contributed by atoms with Crippen LogP contribution in [0, 0.1) is 0 Å². The third kappa shape index (κ3) is 4.01. The highest BCUT2D eigenvalue weighted by molar-refractivity contribution is 5.79. The average Bonchev–Trinajstić information content (AvgIpc) is 3.27. The zero-order chi connectivity index (χ0) is 22.1. The molecule has 1 aromatic carbocycles. The third-order valence-corrected chi connectivity index (χ3v) is 5.95. The molecule has 0 saturated carbocycles. The summed E-state index contributed by atoms with van der Waals surface area (Å²) in [5.41, 5.74) is 4.21. The molecule has 0 aliphatic carbocycles. The summed E-state index contributed by atoms with van der Waals surface area (Å²) < 4.78 is 0. The molecule has 2 atom stereocenters. The molecule has 1 amide bonds. The summed E-state index contributed by atoms with van der Waals surface area (Å²) in [6.45, 7) is 4.34. The number of carbonyl (C=O) groups excluding carboxylic acids is 1. The molecule has 0 bridgehead atoms. The summed E-state index contributed by atoms with van der Waals surface area (Å²) in [6, 6.07) is 11.8. The van der Waals surface area contributed by atoms with Gasteiger partial charge >= 0.3 is 0 Å². The normalized spacial score (nSPS) is 18.6. The number of carbonyl (C=O) groups is 1. The van der Waals surface area contributed by atoms with Crippen LogP contribution < -0.4 is 5.32 Å². The largest absolute Gasteiger partial charge is 0.340 e. The third-order valence-electron chi connectivity index (χ3n) is 5.95. The predicted molar refractivity (Wildman–Crippen MR) is 121 cm³/mol. The first kappa shape index (κ1) is 20.0. The van der Waals surface area contributed by atoms with E-state index in [1.54, 1.807) is 19.3 Å². The van der Waals surface area contributed by atoms with Crippen molar-refractivity contribution in [3.8, 4) is 11.3 Å². The van der Waals surface area contributed by atoms with Crippen LogP contribution >= 0.6 is 0 Å². The highest BCUT2D eigenvalue weighted by Gasteiger charge is 2.30. The number of rotatable bonds is 4. The lowest BCUT2D eigenvalue weighted by Gasteiger charge is -2.37. The van der Waals surface area contributed by atoms with Crippen LogP contribution in [0.5, 0.6) is 0 Å². The molecule has 3 aromatic heterocycles. The van der Waals surface area contributed by atoms with Gasteiger partial charge in [0.25, 0.3) is 0 Å². The molecule has 0 unspecified atom stereocenters.